The molecule has 2 atom stereocenters. The third-order valence-electron chi connectivity index (χ3n) is 5.26. The van der Waals surface area contributed by atoms with Crippen LogP contribution in [0.5, 0.6) is 0 Å². The maximum absolute atomic E-state index is 12.6. The zero-order valence-electron chi connectivity index (χ0n) is 14.2. The number of amides is 1. The summed E-state index contributed by atoms with van der Waals surface area (Å²) >= 11 is 13.3. The Balaban J connectivity index is 1.42. The van der Waals surface area contributed by atoms with Crippen molar-refractivity contribution in [3.05, 3.63) is 40.3 Å². The van der Waals surface area contributed by atoms with Crippen LogP contribution in [0, 0.1) is 5.92 Å². The van der Waals surface area contributed by atoms with E-state index < -0.39 is 0 Å². The van der Waals surface area contributed by atoms with Crippen molar-refractivity contribution in [2.75, 3.05) is 13.1 Å². The Morgan fingerprint density at radius 1 is 1.31 bits per heavy atom. The predicted molar refractivity (Wildman–Crippen MR) is 102 cm³/mol. The lowest BCUT2D eigenvalue weighted by Crippen LogP contribution is -2.62. The largest absolute Gasteiger partial charge is 0.425 e. The van der Waals surface area contributed by atoms with Crippen LogP contribution in [0.3, 0.4) is 0 Å². The molecule has 5 rings (SSSR count). The quantitative estimate of drug-likeness (QED) is 0.810. The number of hydrogen-bond donors (Lipinski definition) is 1. The van der Waals surface area contributed by atoms with Crippen molar-refractivity contribution >= 4 is 40.9 Å². The van der Waals surface area contributed by atoms with Gasteiger partial charge in [-0.05, 0) is 57.0 Å². The first kappa shape index (κ1) is 18.2. The average Bonchev–Trinajstić information content (AvgIpc) is 3.10. The highest BCUT2D eigenvalue weighted by Crippen LogP contribution is 2.34. The van der Waals surface area contributed by atoms with Crippen molar-refractivity contribution in [2.45, 2.75) is 41.8 Å². The van der Waals surface area contributed by atoms with Gasteiger partial charge in [-0.25, -0.2) is 4.98 Å². The van der Waals surface area contributed by atoms with Crippen LogP contribution < -0.4 is 5.32 Å². The summed E-state index contributed by atoms with van der Waals surface area (Å²) in [5.74, 6) is 0.381. The highest BCUT2D eigenvalue weighted by Gasteiger charge is 2.40. The summed E-state index contributed by atoms with van der Waals surface area (Å²) in [6.07, 6.45) is 3.83. The summed E-state index contributed by atoms with van der Waals surface area (Å²) in [5.41, 5.74) is 0. The van der Waals surface area contributed by atoms with Crippen LogP contribution in [0.15, 0.2) is 38.8 Å². The molecular formula is C18H19Cl2N3O2S. The van der Waals surface area contributed by atoms with Gasteiger partial charge in [0.25, 0.3) is 5.89 Å². The molecule has 3 aliphatic heterocycles. The Bertz CT molecular complexity index is 819. The fourth-order valence-corrected chi connectivity index (χ4v) is 4.96. The molecule has 1 N–H and O–H groups in total. The maximum Gasteiger partial charge on any atom is 0.307 e. The van der Waals surface area contributed by atoms with Crippen LogP contribution in [0.4, 0.5) is 0 Å². The monoisotopic (exact) mass is 411 g/mol. The van der Waals surface area contributed by atoms with Crippen molar-refractivity contribution in [1.29, 1.82) is 0 Å². The van der Waals surface area contributed by atoms with Crippen LogP contribution in [-0.4, -0.2) is 41.0 Å². The molecule has 1 aromatic heterocycles. The van der Waals surface area contributed by atoms with Gasteiger partial charge in [-0.3, -0.25) is 9.69 Å². The first-order valence-electron chi connectivity index (χ1n) is 8.65. The van der Waals surface area contributed by atoms with Gasteiger partial charge in [0.05, 0.1) is 16.2 Å². The van der Waals surface area contributed by atoms with Gasteiger partial charge in [0, 0.05) is 17.0 Å². The van der Waals surface area contributed by atoms with Gasteiger partial charge in [0.15, 0.2) is 5.09 Å². The number of piperidine rings is 3. The number of nitrogens with one attached hydrogen (secondary N) is 1. The number of hydrogen-bond acceptors (Lipinski definition) is 5. The minimum absolute atomic E-state index is 0.0937. The van der Waals surface area contributed by atoms with E-state index in [2.05, 4.69) is 22.1 Å². The van der Waals surface area contributed by atoms with E-state index in [9.17, 15) is 4.79 Å². The Labute approximate surface area is 166 Å². The fraction of sp³-hybridized carbons (Fsp3) is 0.444. The van der Waals surface area contributed by atoms with Crippen molar-refractivity contribution in [2.24, 2.45) is 5.92 Å². The highest BCUT2D eigenvalue weighted by atomic mass is 35.5. The molecule has 138 valence electrons. The Kier molecular flexibility index (Phi) is 5.19. The van der Waals surface area contributed by atoms with Crippen molar-refractivity contribution in [3.8, 4) is 0 Å². The van der Waals surface area contributed by atoms with E-state index in [0.29, 0.717) is 27.1 Å². The molecule has 2 bridgehead atoms. The first-order chi connectivity index (χ1) is 12.5. The summed E-state index contributed by atoms with van der Waals surface area (Å²) in [6, 6.07) is 5.84. The maximum atomic E-state index is 12.6. The number of halogens is 2. The molecule has 5 nitrogen and oxygen atoms in total. The molecule has 0 spiro atoms. The van der Waals surface area contributed by atoms with Crippen LogP contribution in [-0.2, 0) is 0 Å². The molecule has 8 heteroatoms. The van der Waals surface area contributed by atoms with E-state index in [4.69, 9.17) is 27.6 Å². The minimum atomic E-state index is -0.253. The molecule has 26 heavy (non-hydrogen) atoms. The molecule has 0 aliphatic carbocycles. The molecule has 3 saturated heterocycles. The van der Waals surface area contributed by atoms with Crippen LogP contribution >= 0.6 is 35.0 Å². The van der Waals surface area contributed by atoms with Crippen LogP contribution in [0.1, 0.15) is 30.5 Å². The van der Waals surface area contributed by atoms with E-state index in [1.165, 1.54) is 11.8 Å². The van der Waals surface area contributed by atoms with Gasteiger partial charge in [0.1, 0.15) is 0 Å². The van der Waals surface area contributed by atoms with Gasteiger partial charge in [0.2, 0.25) is 0 Å². The summed E-state index contributed by atoms with van der Waals surface area (Å²) < 4.78 is 5.63. The number of fused-ring (bicyclic) bond motifs is 3. The smallest absolute Gasteiger partial charge is 0.307 e. The lowest BCUT2D eigenvalue weighted by atomic mass is 9.79. The zero-order valence-corrected chi connectivity index (χ0v) is 16.6. The summed E-state index contributed by atoms with van der Waals surface area (Å²) in [5, 5.41) is 4.64. The SMILES string of the molecule is C[C@H]1[C@H](NC(=O)c2ncc(Sc3ccc(Cl)c(Cl)c3)o2)C2CCN1CC2. The van der Waals surface area contributed by atoms with Crippen molar-refractivity contribution in [1.82, 2.24) is 15.2 Å². The van der Waals surface area contributed by atoms with E-state index in [-0.39, 0.29) is 17.8 Å². The van der Waals surface area contributed by atoms with Crippen LogP contribution in [0.25, 0.3) is 0 Å². The van der Waals surface area contributed by atoms with E-state index in [1.807, 2.05) is 6.07 Å². The second-order valence-corrected chi connectivity index (χ2v) is 8.67. The first-order valence-corrected chi connectivity index (χ1v) is 10.2. The van der Waals surface area contributed by atoms with Crippen molar-refractivity contribution in [3.63, 3.8) is 0 Å². The van der Waals surface area contributed by atoms with E-state index in [0.717, 1.165) is 30.8 Å². The highest BCUT2D eigenvalue weighted by molar-refractivity contribution is 7.99. The molecule has 4 heterocycles. The summed E-state index contributed by atoms with van der Waals surface area (Å²) in [6.45, 7) is 4.43. The van der Waals surface area contributed by atoms with Gasteiger partial charge in [-0.2, -0.15) is 0 Å². The Morgan fingerprint density at radius 3 is 2.77 bits per heavy atom. The summed E-state index contributed by atoms with van der Waals surface area (Å²) in [4.78, 5) is 20.0. The Hall–Kier alpha value is -1.21. The van der Waals surface area contributed by atoms with E-state index in [1.54, 1.807) is 18.3 Å². The lowest BCUT2D eigenvalue weighted by molar-refractivity contribution is 0.0209. The van der Waals surface area contributed by atoms with Crippen LogP contribution in [0.2, 0.25) is 10.0 Å². The second kappa shape index (κ2) is 7.43. The number of nitrogens with zero attached hydrogens (tertiary/aromatic N) is 2. The van der Waals surface area contributed by atoms with E-state index >= 15 is 0 Å². The number of carbonyl (C=O) groups excluding carboxylic acids is 1. The summed E-state index contributed by atoms with van der Waals surface area (Å²) in [7, 11) is 0. The normalized spacial score (nSPS) is 27.5. The molecule has 3 fully saturated rings. The van der Waals surface area contributed by atoms with Gasteiger partial charge >= 0.3 is 5.91 Å². The predicted octanol–water partition coefficient (Wildman–Crippen LogP) is 4.35. The third-order valence-corrected chi connectivity index (χ3v) is 6.88. The molecule has 0 radical (unpaired) electrons. The molecule has 1 aromatic carbocycles. The minimum Gasteiger partial charge on any atom is -0.425 e. The van der Waals surface area contributed by atoms with Gasteiger partial charge in [-0.1, -0.05) is 35.0 Å². The Morgan fingerprint density at radius 2 is 2.08 bits per heavy atom. The average molecular weight is 412 g/mol. The van der Waals surface area contributed by atoms with Gasteiger partial charge < -0.3 is 9.73 Å². The van der Waals surface area contributed by atoms with Crippen molar-refractivity contribution < 1.29 is 9.21 Å². The number of rotatable bonds is 4. The molecule has 1 amide bonds. The number of oxazole rings is 1. The molecule has 2 aromatic rings. The zero-order chi connectivity index (χ0) is 18.3. The lowest BCUT2D eigenvalue weighted by Gasteiger charge is -2.49. The number of aromatic nitrogens is 1. The number of carbonyl (C=O) groups is 1. The fourth-order valence-electron chi connectivity index (χ4n) is 3.83. The third kappa shape index (κ3) is 3.60. The standard InChI is InChI=1S/C18H19Cl2N3O2S/c1-10-16(11-4-6-23(10)7-5-11)22-17(24)18-21-9-15(25-18)26-12-2-3-13(19)14(20)8-12/h2-3,8-11,16H,4-7H2,1H3,(H,22,24)/t10-,16-/m0/s1. The topological polar surface area (TPSA) is 58.4 Å². The van der Waals surface area contributed by atoms with Gasteiger partial charge in [-0.15, -0.1) is 0 Å². The molecule has 0 unspecified atom stereocenters. The number of benzene rings is 1. The second-order valence-electron chi connectivity index (χ2n) is 6.78. The molecular weight excluding hydrogens is 393 g/mol. The molecule has 0 saturated carbocycles. The molecule has 3 aliphatic rings.